The van der Waals surface area contributed by atoms with Crippen molar-refractivity contribution in [2.24, 2.45) is 0 Å². The van der Waals surface area contributed by atoms with E-state index < -0.39 is 0 Å². The van der Waals surface area contributed by atoms with Crippen molar-refractivity contribution < 1.29 is 0 Å². The van der Waals surface area contributed by atoms with Crippen LogP contribution in [0, 0.1) is 0 Å². The van der Waals surface area contributed by atoms with Crippen molar-refractivity contribution in [1.29, 1.82) is 0 Å². The number of nitrogens with two attached hydrogens (primary N) is 1. The molecular weight excluding hydrogens is 184 g/mol. The lowest BCUT2D eigenvalue weighted by molar-refractivity contribution is 0.511. The van der Waals surface area contributed by atoms with Gasteiger partial charge in [-0.3, -0.25) is 0 Å². The number of nitrogens with zero attached hydrogens (tertiary/aromatic N) is 3. The quantitative estimate of drug-likeness (QED) is 0.790. The molecule has 0 radical (unpaired) electrons. The highest BCUT2D eigenvalue weighted by Crippen LogP contribution is 2.27. The average Bonchev–Trinajstić information content (AvgIpc) is 2.34. The van der Waals surface area contributed by atoms with Gasteiger partial charge in [-0.2, -0.15) is 0 Å². The summed E-state index contributed by atoms with van der Waals surface area (Å²) in [7, 11) is 0. The van der Waals surface area contributed by atoms with E-state index in [-0.39, 0.29) is 5.54 Å². The van der Waals surface area contributed by atoms with Gasteiger partial charge in [0.25, 0.3) is 0 Å². The third-order valence-electron chi connectivity index (χ3n) is 1.79. The van der Waals surface area contributed by atoms with E-state index in [9.17, 15) is 0 Å². The second kappa shape index (κ2) is 3.49. The lowest BCUT2D eigenvalue weighted by Crippen LogP contribution is -2.41. The normalized spacial score (nSPS) is 11.7. The Balaban J connectivity index is 2.91. The molecule has 74 valence electrons. The van der Waals surface area contributed by atoms with Crippen molar-refractivity contribution in [3.8, 4) is 0 Å². The van der Waals surface area contributed by atoms with Gasteiger partial charge in [-0.1, -0.05) is 11.3 Å². The molecule has 0 aliphatic carbocycles. The SMILES string of the molecule is CCN(c1nnc(N)s1)C(C)(C)C. The van der Waals surface area contributed by atoms with Crippen molar-refractivity contribution in [2.45, 2.75) is 33.2 Å². The molecule has 0 atom stereocenters. The predicted octanol–water partition coefficient (Wildman–Crippen LogP) is 1.75. The van der Waals surface area contributed by atoms with Crippen molar-refractivity contribution >= 4 is 21.6 Å². The lowest BCUT2D eigenvalue weighted by atomic mass is 10.1. The number of nitrogen functional groups attached to an aromatic ring is 1. The monoisotopic (exact) mass is 200 g/mol. The van der Waals surface area contributed by atoms with Gasteiger partial charge in [0.2, 0.25) is 10.3 Å². The molecule has 5 heteroatoms. The van der Waals surface area contributed by atoms with Crippen LogP contribution in [0.15, 0.2) is 0 Å². The van der Waals surface area contributed by atoms with E-state index in [2.05, 4.69) is 42.8 Å². The van der Waals surface area contributed by atoms with E-state index >= 15 is 0 Å². The van der Waals surface area contributed by atoms with Crippen LogP contribution in [0.2, 0.25) is 0 Å². The van der Waals surface area contributed by atoms with E-state index in [0.717, 1.165) is 11.7 Å². The predicted molar refractivity (Wildman–Crippen MR) is 57.1 cm³/mol. The maximum Gasteiger partial charge on any atom is 0.210 e. The highest BCUT2D eigenvalue weighted by molar-refractivity contribution is 7.18. The maximum absolute atomic E-state index is 5.53. The molecule has 0 aliphatic rings. The molecule has 1 heterocycles. The zero-order valence-corrected chi connectivity index (χ0v) is 9.35. The zero-order valence-electron chi connectivity index (χ0n) is 8.53. The third kappa shape index (κ3) is 2.30. The summed E-state index contributed by atoms with van der Waals surface area (Å²) >= 11 is 1.43. The fourth-order valence-corrected chi connectivity index (χ4v) is 2.10. The molecule has 0 saturated carbocycles. The second-order valence-electron chi connectivity index (χ2n) is 3.84. The van der Waals surface area contributed by atoms with E-state index in [1.54, 1.807) is 0 Å². The Bertz CT molecular complexity index is 276. The van der Waals surface area contributed by atoms with Crippen LogP contribution in [0.25, 0.3) is 0 Å². The van der Waals surface area contributed by atoms with Gasteiger partial charge in [0.1, 0.15) is 0 Å². The molecule has 2 N–H and O–H groups in total. The van der Waals surface area contributed by atoms with Gasteiger partial charge in [0.15, 0.2) is 0 Å². The molecular formula is C8H16N4S. The number of aromatic nitrogens is 2. The Morgan fingerprint density at radius 1 is 1.38 bits per heavy atom. The standard InChI is InChI=1S/C8H16N4S/c1-5-12(8(2,3)4)7-11-10-6(9)13-7/h5H2,1-4H3,(H2,9,10). The summed E-state index contributed by atoms with van der Waals surface area (Å²) in [5, 5.41) is 9.25. The molecule has 0 aliphatic heterocycles. The van der Waals surface area contributed by atoms with E-state index in [4.69, 9.17) is 5.73 Å². The Morgan fingerprint density at radius 3 is 2.31 bits per heavy atom. The Morgan fingerprint density at radius 2 is 2.00 bits per heavy atom. The van der Waals surface area contributed by atoms with E-state index in [1.807, 2.05) is 0 Å². The van der Waals surface area contributed by atoms with Gasteiger partial charge in [-0.15, -0.1) is 10.2 Å². The number of hydrogen-bond acceptors (Lipinski definition) is 5. The molecule has 0 bridgehead atoms. The maximum atomic E-state index is 5.53. The molecule has 1 rings (SSSR count). The summed E-state index contributed by atoms with van der Waals surface area (Å²) in [6.07, 6.45) is 0. The molecule has 1 aromatic heterocycles. The summed E-state index contributed by atoms with van der Waals surface area (Å²) in [4.78, 5) is 2.18. The van der Waals surface area contributed by atoms with Crippen LogP contribution in [0.5, 0.6) is 0 Å². The summed E-state index contributed by atoms with van der Waals surface area (Å²) in [6.45, 7) is 9.46. The van der Waals surface area contributed by atoms with Crippen LogP contribution >= 0.6 is 11.3 Å². The average molecular weight is 200 g/mol. The van der Waals surface area contributed by atoms with E-state index in [1.165, 1.54) is 11.3 Å². The molecule has 0 saturated heterocycles. The van der Waals surface area contributed by atoms with Gasteiger partial charge in [0.05, 0.1) is 0 Å². The second-order valence-corrected chi connectivity index (χ2v) is 4.83. The van der Waals surface area contributed by atoms with E-state index in [0.29, 0.717) is 5.13 Å². The van der Waals surface area contributed by atoms with Crippen LogP contribution in [0.4, 0.5) is 10.3 Å². The molecule has 0 unspecified atom stereocenters. The first-order chi connectivity index (χ1) is 5.95. The minimum absolute atomic E-state index is 0.0702. The minimum Gasteiger partial charge on any atom is -0.374 e. The Hall–Kier alpha value is -0.840. The first-order valence-corrected chi connectivity index (χ1v) is 5.13. The van der Waals surface area contributed by atoms with Crippen molar-refractivity contribution in [3.63, 3.8) is 0 Å². The first-order valence-electron chi connectivity index (χ1n) is 4.31. The minimum atomic E-state index is 0.0702. The summed E-state index contributed by atoms with van der Waals surface area (Å²) in [5.41, 5.74) is 5.60. The number of anilines is 2. The zero-order chi connectivity index (χ0) is 10.1. The Labute approximate surface area is 82.8 Å². The van der Waals surface area contributed by atoms with Crippen LogP contribution in [-0.4, -0.2) is 22.3 Å². The van der Waals surface area contributed by atoms with Crippen molar-refractivity contribution in [3.05, 3.63) is 0 Å². The largest absolute Gasteiger partial charge is 0.374 e. The third-order valence-corrected chi connectivity index (χ3v) is 2.56. The van der Waals surface area contributed by atoms with Crippen LogP contribution in [-0.2, 0) is 0 Å². The highest BCUT2D eigenvalue weighted by Gasteiger charge is 2.22. The topological polar surface area (TPSA) is 55.0 Å². The number of rotatable bonds is 2. The molecule has 0 fully saturated rings. The fraction of sp³-hybridized carbons (Fsp3) is 0.750. The number of hydrogen-bond donors (Lipinski definition) is 1. The smallest absolute Gasteiger partial charge is 0.210 e. The molecule has 1 aromatic rings. The Kier molecular flexibility index (Phi) is 2.75. The highest BCUT2D eigenvalue weighted by atomic mass is 32.1. The van der Waals surface area contributed by atoms with Gasteiger partial charge >= 0.3 is 0 Å². The molecule has 0 amide bonds. The van der Waals surface area contributed by atoms with Crippen molar-refractivity contribution in [2.75, 3.05) is 17.2 Å². The first kappa shape index (κ1) is 10.2. The molecule has 0 spiro atoms. The lowest BCUT2D eigenvalue weighted by Gasteiger charge is -2.33. The molecule has 0 aromatic carbocycles. The van der Waals surface area contributed by atoms with Gasteiger partial charge in [0, 0.05) is 12.1 Å². The molecule has 13 heavy (non-hydrogen) atoms. The molecule has 4 nitrogen and oxygen atoms in total. The fourth-order valence-electron chi connectivity index (χ4n) is 1.23. The van der Waals surface area contributed by atoms with Crippen molar-refractivity contribution in [1.82, 2.24) is 10.2 Å². The summed E-state index contributed by atoms with van der Waals surface area (Å²) < 4.78 is 0. The van der Waals surface area contributed by atoms with Gasteiger partial charge in [-0.05, 0) is 27.7 Å². The van der Waals surface area contributed by atoms with Crippen LogP contribution in [0.1, 0.15) is 27.7 Å². The summed E-state index contributed by atoms with van der Waals surface area (Å²) in [6, 6.07) is 0. The van der Waals surface area contributed by atoms with Gasteiger partial charge < -0.3 is 10.6 Å². The van der Waals surface area contributed by atoms with Gasteiger partial charge in [-0.25, -0.2) is 0 Å². The van der Waals surface area contributed by atoms with Crippen LogP contribution in [0.3, 0.4) is 0 Å². The summed E-state index contributed by atoms with van der Waals surface area (Å²) in [5.74, 6) is 0. The van der Waals surface area contributed by atoms with Crippen LogP contribution < -0.4 is 10.6 Å².